The Bertz CT molecular complexity index is 331. The summed E-state index contributed by atoms with van der Waals surface area (Å²) in [7, 11) is 1.66. The molecule has 0 aliphatic rings. The molecule has 0 saturated heterocycles. The second-order valence-corrected chi connectivity index (χ2v) is 3.30. The first-order valence-electron chi connectivity index (χ1n) is 4.38. The Hall–Kier alpha value is -1.36. The largest absolute Gasteiger partial charge is 0.475 e. The van der Waals surface area contributed by atoms with Gasteiger partial charge in [0.15, 0.2) is 0 Å². The van der Waals surface area contributed by atoms with Gasteiger partial charge < -0.3 is 14.4 Å². The van der Waals surface area contributed by atoms with Crippen molar-refractivity contribution >= 4 is 5.97 Å². The van der Waals surface area contributed by atoms with Crippen LogP contribution in [0.15, 0.2) is 6.20 Å². The number of aromatic carboxylic acids is 1. The fraction of sp³-hybridized carbons (Fsp3) is 0.556. The number of ether oxygens (including phenoxy) is 1. The van der Waals surface area contributed by atoms with Crippen LogP contribution in [0.25, 0.3) is 0 Å². The Morgan fingerprint density at radius 3 is 2.79 bits per heavy atom. The van der Waals surface area contributed by atoms with Crippen LogP contribution in [-0.2, 0) is 18.4 Å². The fourth-order valence-electron chi connectivity index (χ4n) is 1.03. The third-order valence-electron chi connectivity index (χ3n) is 1.84. The maximum atomic E-state index is 10.6. The quantitative estimate of drug-likeness (QED) is 0.785. The maximum absolute atomic E-state index is 10.6. The molecule has 0 saturated carbocycles. The van der Waals surface area contributed by atoms with Gasteiger partial charge in [-0.25, -0.2) is 9.78 Å². The van der Waals surface area contributed by atoms with Gasteiger partial charge in [-0.05, 0) is 13.8 Å². The summed E-state index contributed by atoms with van der Waals surface area (Å²) in [6, 6.07) is 0. The Morgan fingerprint density at radius 2 is 2.36 bits per heavy atom. The standard InChI is InChI=1S/C9H14N2O3/c1-6(2)14-5-7-4-10-8(9(12)13)11(7)3/h4,6H,5H2,1-3H3,(H,12,13). The Kier molecular flexibility index (Phi) is 3.24. The number of carboxylic acid groups (broad SMARTS) is 1. The van der Waals surface area contributed by atoms with E-state index in [-0.39, 0.29) is 11.9 Å². The van der Waals surface area contributed by atoms with Crippen molar-refractivity contribution in [2.75, 3.05) is 0 Å². The lowest BCUT2D eigenvalue weighted by atomic mass is 10.4. The van der Waals surface area contributed by atoms with Gasteiger partial charge >= 0.3 is 5.97 Å². The highest BCUT2D eigenvalue weighted by Crippen LogP contribution is 2.05. The van der Waals surface area contributed by atoms with Gasteiger partial charge in [-0.2, -0.15) is 0 Å². The number of aromatic nitrogens is 2. The molecule has 1 aromatic rings. The van der Waals surface area contributed by atoms with Gasteiger partial charge in [-0.3, -0.25) is 0 Å². The summed E-state index contributed by atoms with van der Waals surface area (Å²) < 4.78 is 6.87. The van der Waals surface area contributed by atoms with E-state index in [2.05, 4.69) is 4.98 Å². The molecule has 0 unspecified atom stereocenters. The van der Waals surface area contributed by atoms with Gasteiger partial charge in [0.1, 0.15) is 0 Å². The van der Waals surface area contributed by atoms with Crippen molar-refractivity contribution in [3.8, 4) is 0 Å². The molecule has 5 heteroatoms. The van der Waals surface area contributed by atoms with Crippen LogP contribution < -0.4 is 0 Å². The Labute approximate surface area is 82.3 Å². The number of hydrogen-bond donors (Lipinski definition) is 1. The molecule has 1 heterocycles. The zero-order chi connectivity index (χ0) is 10.7. The van der Waals surface area contributed by atoms with Crippen LogP contribution in [0.3, 0.4) is 0 Å². The highest BCUT2D eigenvalue weighted by atomic mass is 16.5. The van der Waals surface area contributed by atoms with Gasteiger partial charge in [0, 0.05) is 7.05 Å². The van der Waals surface area contributed by atoms with E-state index in [0.29, 0.717) is 6.61 Å². The summed E-state index contributed by atoms with van der Waals surface area (Å²) in [5.74, 6) is -0.990. The smallest absolute Gasteiger partial charge is 0.372 e. The highest BCUT2D eigenvalue weighted by molar-refractivity contribution is 5.83. The van der Waals surface area contributed by atoms with E-state index in [4.69, 9.17) is 9.84 Å². The average molecular weight is 198 g/mol. The lowest BCUT2D eigenvalue weighted by Gasteiger charge is -2.07. The lowest BCUT2D eigenvalue weighted by molar-refractivity contribution is 0.0612. The van der Waals surface area contributed by atoms with Crippen molar-refractivity contribution in [3.05, 3.63) is 17.7 Å². The molecule has 1 rings (SSSR count). The molecule has 0 aliphatic carbocycles. The number of carbonyl (C=O) groups is 1. The van der Waals surface area contributed by atoms with Crippen molar-refractivity contribution in [1.82, 2.24) is 9.55 Å². The Balaban J connectivity index is 2.74. The summed E-state index contributed by atoms with van der Waals surface area (Å²) in [5.41, 5.74) is 0.760. The minimum absolute atomic E-state index is 0.0346. The molecule has 0 atom stereocenters. The zero-order valence-electron chi connectivity index (χ0n) is 8.52. The minimum Gasteiger partial charge on any atom is -0.475 e. The summed E-state index contributed by atoms with van der Waals surface area (Å²) >= 11 is 0. The van der Waals surface area contributed by atoms with E-state index in [9.17, 15) is 4.79 Å². The monoisotopic (exact) mass is 198 g/mol. The highest BCUT2D eigenvalue weighted by Gasteiger charge is 2.12. The SMILES string of the molecule is CC(C)OCc1cnc(C(=O)O)n1C. The first-order valence-corrected chi connectivity index (χ1v) is 4.38. The van der Waals surface area contributed by atoms with E-state index >= 15 is 0 Å². The Morgan fingerprint density at radius 1 is 1.71 bits per heavy atom. The fourth-order valence-corrected chi connectivity index (χ4v) is 1.03. The van der Waals surface area contributed by atoms with Gasteiger partial charge in [-0.1, -0.05) is 0 Å². The van der Waals surface area contributed by atoms with Crippen molar-refractivity contribution in [2.45, 2.75) is 26.6 Å². The van der Waals surface area contributed by atoms with Crippen LogP contribution in [0.1, 0.15) is 30.2 Å². The number of hydrogen-bond acceptors (Lipinski definition) is 3. The molecule has 14 heavy (non-hydrogen) atoms. The predicted octanol–water partition coefficient (Wildman–Crippen LogP) is 1.04. The molecule has 0 bridgehead atoms. The molecule has 1 N–H and O–H groups in total. The number of rotatable bonds is 4. The maximum Gasteiger partial charge on any atom is 0.372 e. The van der Waals surface area contributed by atoms with Gasteiger partial charge in [0.05, 0.1) is 24.6 Å². The summed E-state index contributed by atoms with van der Waals surface area (Å²) in [6.07, 6.45) is 1.64. The van der Waals surface area contributed by atoms with E-state index in [1.807, 2.05) is 13.8 Å². The van der Waals surface area contributed by atoms with Crippen molar-refractivity contribution < 1.29 is 14.6 Å². The van der Waals surface area contributed by atoms with Gasteiger partial charge in [0.25, 0.3) is 0 Å². The first-order chi connectivity index (χ1) is 6.52. The zero-order valence-corrected chi connectivity index (χ0v) is 8.52. The lowest BCUT2D eigenvalue weighted by Crippen LogP contribution is -2.10. The first kappa shape index (κ1) is 10.7. The van der Waals surface area contributed by atoms with E-state index in [1.165, 1.54) is 10.8 Å². The molecule has 0 aromatic carbocycles. The topological polar surface area (TPSA) is 64.3 Å². The number of imidazole rings is 1. The second kappa shape index (κ2) is 4.23. The van der Waals surface area contributed by atoms with Crippen LogP contribution in [0.5, 0.6) is 0 Å². The molecular formula is C9H14N2O3. The third-order valence-corrected chi connectivity index (χ3v) is 1.84. The summed E-state index contributed by atoms with van der Waals surface area (Å²) in [6.45, 7) is 4.23. The number of nitrogens with zero attached hydrogens (tertiary/aromatic N) is 2. The van der Waals surface area contributed by atoms with Crippen molar-refractivity contribution in [2.24, 2.45) is 7.05 Å². The average Bonchev–Trinajstić information content (AvgIpc) is 2.43. The summed E-state index contributed by atoms with van der Waals surface area (Å²) in [5, 5.41) is 8.73. The van der Waals surface area contributed by atoms with Crippen LogP contribution in [0.2, 0.25) is 0 Å². The van der Waals surface area contributed by atoms with Crippen LogP contribution in [0, 0.1) is 0 Å². The molecular weight excluding hydrogens is 184 g/mol. The summed E-state index contributed by atoms with van der Waals surface area (Å²) in [4.78, 5) is 14.4. The van der Waals surface area contributed by atoms with E-state index < -0.39 is 5.97 Å². The predicted molar refractivity (Wildman–Crippen MR) is 50.1 cm³/mol. The molecule has 0 radical (unpaired) electrons. The van der Waals surface area contributed by atoms with E-state index in [1.54, 1.807) is 7.05 Å². The molecule has 0 aliphatic heterocycles. The molecule has 1 aromatic heterocycles. The normalized spacial score (nSPS) is 10.9. The second-order valence-electron chi connectivity index (χ2n) is 3.30. The van der Waals surface area contributed by atoms with E-state index in [0.717, 1.165) is 5.69 Å². The molecule has 0 fully saturated rings. The minimum atomic E-state index is -1.02. The molecule has 0 amide bonds. The van der Waals surface area contributed by atoms with Crippen LogP contribution in [-0.4, -0.2) is 26.7 Å². The molecule has 5 nitrogen and oxygen atoms in total. The van der Waals surface area contributed by atoms with Crippen molar-refractivity contribution in [3.63, 3.8) is 0 Å². The van der Waals surface area contributed by atoms with Crippen LogP contribution >= 0.6 is 0 Å². The number of carboxylic acids is 1. The van der Waals surface area contributed by atoms with Crippen molar-refractivity contribution in [1.29, 1.82) is 0 Å². The van der Waals surface area contributed by atoms with Gasteiger partial charge in [-0.15, -0.1) is 0 Å². The third kappa shape index (κ3) is 2.32. The van der Waals surface area contributed by atoms with Crippen LogP contribution in [0.4, 0.5) is 0 Å². The molecule has 0 spiro atoms. The van der Waals surface area contributed by atoms with Gasteiger partial charge in [0.2, 0.25) is 5.82 Å². The molecule has 78 valence electrons.